The van der Waals surface area contributed by atoms with Crippen molar-refractivity contribution in [3.05, 3.63) is 0 Å². The molecule has 0 fully saturated rings. The monoisotopic (exact) mass is 504 g/mol. The molecule has 0 saturated carbocycles. The van der Waals surface area contributed by atoms with E-state index in [9.17, 15) is 38.7 Å². The van der Waals surface area contributed by atoms with E-state index in [2.05, 4.69) is 10.6 Å². The molecule has 0 aromatic heterocycles. The van der Waals surface area contributed by atoms with Crippen LogP contribution < -0.4 is 33.2 Å². The van der Waals surface area contributed by atoms with Crippen LogP contribution in [0.25, 0.3) is 0 Å². The summed E-state index contributed by atoms with van der Waals surface area (Å²) in [5.74, 6) is -8.62. The van der Waals surface area contributed by atoms with Gasteiger partial charge in [0, 0.05) is 6.42 Å². The predicted molar refractivity (Wildman–Crippen MR) is 117 cm³/mol. The summed E-state index contributed by atoms with van der Waals surface area (Å²) in [5, 5.41) is 33.2. The standard InChI is InChI=1S/C19H32N6O10/c20-6-2-1-3-9(21)16(31)24-12(8-15(29)30)18(33)25-11(7-13(22)26)17(32)23-10(19(34)35)4-5-14(27)28/h9-12H,1-8,20-21H2,(H2,22,26)(H,23,32)(H,24,31)(H,25,33)(H,27,28)(H,29,30)(H,34,35). The first-order valence-corrected chi connectivity index (χ1v) is 10.6. The summed E-state index contributed by atoms with van der Waals surface area (Å²) >= 11 is 0. The van der Waals surface area contributed by atoms with Crippen LogP contribution in [0.2, 0.25) is 0 Å². The van der Waals surface area contributed by atoms with Gasteiger partial charge in [0.05, 0.1) is 18.9 Å². The van der Waals surface area contributed by atoms with Gasteiger partial charge in [0.15, 0.2) is 0 Å². The van der Waals surface area contributed by atoms with Crippen molar-refractivity contribution in [2.24, 2.45) is 17.2 Å². The lowest BCUT2D eigenvalue weighted by atomic mass is 10.1. The van der Waals surface area contributed by atoms with Gasteiger partial charge in [-0.25, -0.2) is 4.79 Å². The summed E-state index contributed by atoms with van der Waals surface area (Å²) in [6, 6.07) is -6.16. The van der Waals surface area contributed by atoms with Crippen molar-refractivity contribution in [2.75, 3.05) is 6.54 Å². The Labute approximate surface area is 199 Å². The number of carboxylic acid groups (broad SMARTS) is 3. The van der Waals surface area contributed by atoms with Gasteiger partial charge in [-0.2, -0.15) is 0 Å². The fourth-order valence-electron chi connectivity index (χ4n) is 2.78. The molecule has 4 atom stereocenters. The second-order valence-corrected chi connectivity index (χ2v) is 7.61. The molecule has 0 spiro atoms. The number of nitrogens with two attached hydrogens (primary N) is 3. The van der Waals surface area contributed by atoms with Crippen LogP contribution >= 0.6 is 0 Å². The van der Waals surface area contributed by atoms with E-state index in [1.54, 1.807) is 0 Å². The summed E-state index contributed by atoms with van der Waals surface area (Å²) in [4.78, 5) is 82.0. The number of carbonyl (C=O) groups is 7. The average Bonchev–Trinajstić information content (AvgIpc) is 2.74. The molecule has 12 N–H and O–H groups in total. The second kappa shape index (κ2) is 15.9. The Kier molecular flexibility index (Phi) is 14.2. The molecular formula is C19H32N6O10. The minimum atomic E-state index is -1.74. The predicted octanol–water partition coefficient (Wildman–Crippen LogP) is -3.80. The first-order chi connectivity index (χ1) is 16.3. The smallest absolute Gasteiger partial charge is 0.326 e. The Bertz CT molecular complexity index is 805. The molecule has 16 heteroatoms. The third-order valence-electron chi connectivity index (χ3n) is 4.62. The first-order valence-electron chi connectivity index (χ1n) is 10.6. The van der Waals surface area contributed by atoms with Gasteiger partial charge in [0.1, 0.15) is 18.1 Å². The Morgan fingerprint density at radius 3 is 1.66 bits per heavy atom. The fraction of sp³-hybridized carbons (Fsp3) is 0.632. The van der Waals surface area contributed by atoms with Crippen molar-refractivity contribution >= 4 is 41.5 Å². The molecule has 0 bridgehead atoms. The van der Waals surface area contributed by atoms with Crippen molar-refractivity contribution in [2.45, 2.75) is 69.1 Å². The molecule has 0 aliphatic carbocycles. The summed E-state index contributed by atoms with van der Waals surface area (Å²) in [6.07, 6.45) is -1.47. The third-order valence-corrected chi connectivity index (χ3v) is 4.62. The Morgan fingerprint density at radius 2 is 1.20 bits per heavy atom. The van der Waals surface area contributed by atoms with Crippen LogP contribution in [0, 0.1) is 0 Å². The maximum absolute atomic E-state index is 12.7. The van der Waals surface area contributed by atoms with Gasteiger partial charge in [-0.1, -0.05) is 6.42 Å². The lowest BCUT2D eigenvalue weighted by Crippen LogP contribution is -2.58. The van der Waals surface area contributed by atoms with E-state index in [4.69, 9.17) is 27.4 Å². The SMILES string of the molecule is NCCCCC(N)C(=O)NC(CC(=O)O)C(=O)NC(CC(N)=O)C(=O)NC(CCC(=O)O)C(=O)O. The number of hydrogen-bond donors (Lipinski definition) is 9. The van der Waals surface area contributed by atoms with Crippen molar-refractivity contribution in [3.63, 3.8) is 0 Å². The number of hydrogen-bond acceptors (Lipinski definition) is 9. The maximum Gasteiger partial charge on any atom is 0.326 e. The molecule has 0 aliphatic rings. The zero-order valence-corrected chi connectivity index (χ0v) is 18.9. The largest absolute Gasteiger partial charge is 0.481 e. The van der Waals surface area contributed by atoms with Gasteiger partial charge in [0.2, 0.25) is 23.6 Å². The van der Waals surface area contributed by atoms with Gasteiger partial charge in [0.25, 0.3) is 0 Å². The number of rotatable bonds is 18. The molecule has 0 radical (unpaired) electrons. The number of amides is 4. The maximum atomic E-state index is 12.7. The van der Waals surface area contributed by atoms with Gasteiger partial charge < -0.3 is 48.5 Å². The highest BCUT2D eigenvalue weighted by Crippen LogP contribution is 2.04. The van der Waals surface area contributed by atoms with Crippen LogP contribution in [0.1, 0.15) is 44.9 Å². The number of carbonyl (C=O) groups excluding carboxylic acids is 4. The number of nitrogens with one attached hydrogen (secondary N) is 3. The molecular weight excluding hydrogens is 472 g/mol. The topological polar surface area (TPSA) is 294 Å². The summed E-state index contributed by atoms with van der Waals surface area (Å²) in [7, 11) is 0. The molecule has 0 saturated heterocycles. The Balaban J connectivity index is 5.47. The number of aliphatic carboxylic acids is 3. The quantitative estimate of drug-likeness (QED) is 0.0812. The molecule has 0 aliphatic heterocycles. The fourth-order valence-corrected chi connectivity index (χ4v) is 2.78. The second-order valence-electron chi connectivity index (χ2n) is 7.61. The Hall–Kier alpha value is -3.79. The molecule has 0 heterocycles. The molecule has 0 aromatic rings. The lowest BCUT2D eigenvalue weighted by molar-refractivity contribution is -0.144. The van der Waals surface area contributed by atoms with E-state index in [0.717, 1.165) is 0 Å². The number of primary amides is 1. The Morgan fingerprint density at radius 1 is 0.686 bits per heavy atom. The number of carboxylic acids is 3. The lowest BCUT2D eigenvalue weighted by Gasteiger charge is -2.24. The normalized spacial score (nSPS) is 14.0. The van der Waals surface area contributed by atoms with Crippen LogP contribution in [0.4, 0.5) is 0 Å². The average molecular weight is 504 g/mol. The van der Waals surface area contributed by atoms with Gasteiger partial charge >= 0.3 is 17.9 Å². The highest BCUT2D eigenvalue weighted by Gasteiger charge is 2.32. The third kappa shape index (κ3) is 13.5. The molecule has 198 valence electrons. The minimum absolute atomic E-state index is 0.212. The first kappa shape index (κ1) is 31.2. The van der Waals surface area contributed by atoms with E-state index < -0.39 is 91.4 Å². The molecule has 4 amide bonds. The van der Waals surface area contributed by atoms with E-state index in [0.29, 0.717) is 19.4 Å². The van der Waals surface area contributed by atoms with E-state index in [1.807, 2.05) is 5.32 Å². The van der Waals surface area contributed by atoms with Crippen molar-refractivity contribution in [3.8, 4) is 0 Å². The minimum Gasteiger partial charge on any atom is -0.481 e. The summed E-state index contributed by atoms with van der Waals surface area (Å²) < 4.78 is 0. The molecule has 4 unspecified atom stereocenters. The highest BCUT2D eigenvalue weighted by molar-refractivity contribution is 5.97. The van der Waals surface area contributed by atoms with Gasteiger partial charge in [-0.05, 0) is 25.8 Å². The van der Waals surface area contributed by atoms with Gasteiger partial charge in [-0.15, -0.1) is 0 Å². The molecule has 35 heavy (non-hydrogen) atoms. The van der Waals surface area contributed by atoms with Gasteiger partial charge in [-0.3, -0.25) is 28.8 Å². The van der Waals surface area contributed by atoms with Crippen molar-refractivity contribution < 1.29 is 48.9 Å². The van der Waals surface area contributed by atoms with Crippen LogP contribution in [-0.4, -0.2) is 87.6 Å². The van der Waals surface area contributed by atoms with E-state index in [1.165, 1.54) is 0 Å². The van der Waals surface area contributed by atoms with E-state index >= 15 is 0 Å². The number of unbranched alkanes of at least 4 members (excludes halogenated alkanes) is 1. The molecule has 0 aromatic carbocycles. The zero-order chi connectivity index (χ0) is 27.1. The van der Waals surface area contributed by atoms with E-state index in [-0.39, 0.29) is 6.42 Å². The molecule has 16 nitrogen and oxygen atoms in total. The van der Waals surface area contributed by atoms with Crippen LogP contribution in [0.3, 0.4) is 0 Å². The van der Waals surface area contributed by atoms with Crippen LogP contribution in [-0.2, 0) is 33.6 Å². The summed E-state index contributed by atoms with van der Waals surface area (Å²) in [6.45, 7) is 0.376. The zero-order valence-electron chi connectivity index (χ0n) is 18.9. The van der Waals surface area contributed by atoms with Crippen LogP contribution in [0.5, 0.6) is 0 Å². The van der Waals surface area contributed by atoms with Crippen molar-refractivity contribution in [1.29, 1.82) is 0 Å². The van der Waals surface area contributed by atoms with Crippen molar-refractivity contribution in [1.82, 2.24) is 16.0 Å². The van der Waals surface area contributed by atoms with Crippen LogP contribution in [0.15, 0.2) is 0 Å². The molecule has 0 rings (SSSR count). The summed E-state index contributed by atoms with van der Waals surface area (Å²) in [5.41, 5.74) is 16.2. The highest BCUT2D eigenvalue weighted by atomic mass is 16.4.